The summed E-state index contributed by atoms with van der Waals surface area (Å²) < 4.78 is 47.6. The molecule has 1 aromatic rings. The summed E-state index contributed by atoms with van der Waals surface area (Å²) in [5.41, 5.74) is 1.03. The van der Waals surface area contributed by atoms with Crippen molar-refractivity contribution >= 4 is 7.60 Å². The Morgan fingerprint density at radius 2 is 1.50 bits per heavy atom. The van der Waals surface area contributed by atoms with E-state index in [2.05, 4.69) is 0 Å². The molecule has 1 heterocycles. The van der Waals surface area contributed by atoms with Crippen LogP contribution in [0.2, 0.25) is 0 Å². The molecule has 170 valence electrons. The van der Waals surface area contributed by atoms with Gasteiger partial charge in [0, 0.05) is 33.1 Å². The van der Waals surface area contributed by atoms with E-state index in [1.54, 1.807) is 40.9 Å². The summed E-state index contributed by atoms with van der Waals surface area (Å²) in [6, 6.07) is 9.91. The number of rotatable bonds is 10. The van der Waals surface area contributed by atoms with Crippen molar-refractivity contribution in [1.29, 1.82) is 0 Å². The number of methoxy groups -OCH3 is 3. The fourth-order valence-electron chi connectivity index (χ4n) is 3.26. The lowest BCUT2D eigenvalue weighted by atomic mass is 9.95. The number of hydrogen-bond donors (Lipinski definition) is 0. The SMILES string of the molecule is CO[C@@H]1[C@H](C)[C@@H](/C=C/P(=O)(OC(C)(C)OC)OC(C)(C)OC)O[C@H]1c1ccccc1. The summed E-state index contributed by atoms with van der Waals surface area (Å²) in [6.07, 6.45) is 1.01. The average Bonchev–Trinajstić information content (AvgIpc) is 3.02. The molecule has 1 saturated heterocycles. The van der Waals surface area contributed by atoms with Gasteiger partial charge in [-0.1, -0.05) is 37.3 Å². The van der Waals surface area contributed by atoms with E-state index in [1.807, 2.05) is 37.3 Å². The maximum absolute atomic E-state index is 13.6. The number of benzene rings is 1. The first-order valence-corrected chi connectivity index (χ1v) is 11.6. The Morgan fingerprint density at radius 1 is 0.967 bits per heavy atom. The minimum Gasteiger partial charge on any atom is -0.378 e. The third kappa shape index (κ3) is 6.47. The molecule has 1 fully saturated rings. The number of ether oxygens (including phenoxy) is 4. The van der Waals surface area contributed by atoms with Crippen LogP contribution in [0.1, 0.15) is 46.3 Å². The molecule has 0 aliphatic carbocycles. The Morgan fingerprint density at radius 3 is 1.97 bits per heavy atom. The zero-order valence-electron chi connectivity index (χ0n) is 19.2. The molecule has 0 radical (unpaired) electrons. The van der Waals surface area contributed by atoms with Crippen LogP contribution in [0.4, 0.5) is 0 Å². The van der Waals surface area contributed by atoms with Gasteiger partial charge >= 0.3 is 7.60 Å². The highest BCUT2D eigenvalue weighted by Gasteiger charge is 2.43. The lowest BCUT2D eigenvalue weighted by Gasteiger charge is -2.32. The molecule has 0 bridgehead atoms. The molecule has 0 unspecified atom stereocenters. The van der Waals surface area contributed by atoms with Crippen molar-refractivity contribution in [3.05, 3.63) is 47.8 Å². The van der Waals surface area contributed by atoms with Gasteiger partial charge in [0.25, 0.3) is 0 Å². The second-order valence-electron chi connectivity index (χ2n) is 8.26. The smallest absolute Gasteiger partial charge is 0.358 e. The van der Waals surface area contributed by atoms with E-state index >= 15 is 0 Å². The van der Waals surface area contributed by atoms with Gasteiger partial charge in [-0.15, -0.1) is 0 Å². The largest absolute Gasteiger partial charge is 0.378 e. The molecule has 0 aromatic heterocycles. The van der Waals surface area contributed by atoms with Crippen LogP contribution >= 0.6 is 7.60 Å². The fourth-order valence-corrected chi connectivity index (χ4v) is 5.17. The average molecular weight is 442 g/mol. The first-order chi connectivity index (χ1) is 14.0. The van der Waals surface area contributed by atoms with Gasteiger partial charge < -0.3 is 18.9 Å². The zero-order valence-corrected chi connectivity index (χ0v) is 20.1. The van der Waals surface area contributed by atoms with Crippen molar-refractivity contribution in [3.8, 4) is 0 Å². The van der Waals surface area contributed by atoms with E-state index in [-0.39, 0.29) is 24.2 Å². The third-order valence-corrected chi connectivity index (χ3v) is 7.10. The highest BCUT2D eigenvalue weighted by Crippen LogP contribution is 2.56. The summed E-state index contributed by atoms with van der Waals surface area (Å²) in [5, 5.41) is 0. The monoisotopic (exact) mass is 442 g/mol. The minimum atomic E-state index is -3.75. The molecule has 8 heteroatoms. The maximum atomic E-state index is 13.6. The van der Waals surface area contributed by atoms with Gasteiger partial charge in [0.15, 0.2) is 11.6 Å². The topological polar surface area (TPSA) is 72.5 Å². The highest BCUT2D eigenvalue weighted by atomic mass is 31.2. The predicted octanol–water partition coefficient (Wildman–Crippen LogP) is 5.28. The molecule has 0 amide bonds. The Balaban J connectivity index is 2.28. The molecular formula is C22H35O7P. The Hall–Kier alpha value is -1.05. The zero-order chi connectivity index (χ0) is 22.6. The van der Waals surface area contributed by atoms with Crippen molar-refractivity contribution in [1.82, 2.24) is 0 Å². The van der Waals surface area contributed by atoms with Crippen LogP contribution in [-0.2, 0) is 32.6 Å². The van der Waals surface area contributed by atoms with Crippen LogP contribution in [0.25, 0.3) is 0 Å². The van der Waals surface area contributed by atoms with E-state index in [0.717, 1.165) is 5.56 Å². The third-order valence-electron chi connectivity index (χ3n) is 5.17. The minimum absolute atomic E-state index is 0.0239. The molecular weight excluding hydrogens is 407 g/mol. The summed E-state index contributed by atoms with van der Waals surface area (Å²) >= 11 is 0. The molecule has 4 atom stereocenters. The van der Waals surface area contributed by atoms with E-state index in [9.17, 15) is 4.57 Å². The molecule has 2 rings (SSSR count). The summed E-state index contributed by atoms with van der Waals surface area (Å²) in [6.45, 7) is 8.70. The standard InChI is InChI=1S/C22H35O7P/c1-16-18(27-20(19(16)24-6)17-12-10-9-11-13-17)14-15-30(23,28-21(2,3)25-7)29-22(4,5)26-8/h9-16,18-20H,1-8H3/b15-14+/t16-,18-,19-,20+/m1/s1. The van der Waals surface area contributed by atoms with Crippen LogP contribution in [-0.4, -0.2) is 45.1 Å². The summed E-state index contributed by atoms with van der Waals surface area (Å²) in [7, 11) is 0.882. The van der Waals surface area contributed by atoms with Crippen LogP contribution in [0.15, 0.2) is 42.2 Å². The van der Waals surface area contributed by atoms with Crippen LogP contribution in [0.5, 0.6) is 0 Å². The lowest BCUT2D eigenvalue weighted by molar-refractivity contribution is -0.171. The van der Waals surface area contributed by atoms with Crippen LogP contribution < -0.4 is 0 Å². The maximum Gasteiger partial charge on any atom is 0.358 e. The molecule has 1 aromatic carbocycles. The van der Waals surface area contributed by atoms with Gasteiger partial charge in [-0.05, 0) is 39.3 Å². The molecule has 30 heavy (non-hydrogen) atoms. The second kappa shape index (κ2) is 10.0. The molecule has 0 spiro atoms. The van der Waals surface area contributed by atoms with E-state index < -0.39 is 19.2 Å². The Bertz CT molecular complexity index is 725. The molecule has 0 saturated carbocycles. The van der Waals surface area contributed by atoms with Gasteiger partial charge in [-0.2, -0.15) is 0 Å². The number of hydrogen-bond acceptors (Lipinski definition) is 7. The van der Waals surface area contributed by atoms with Gasteiger partial charge in [-0.25, -0.2) is 0 Å². The quantitative estimate of drug-likeness (QED) is 0.360. The van der Waals surface area contributed by atoms with E-state index in [0.29, 0.717) is 0 Å². The van der Waals surface area contributed by atoms with E-state index in [1.165, 1.54) is 20.0 Å². The van der Waals surface area contributed by atoms with Crippen molar-refractivity contribution < 1.29 is 32.6 Å². The Kier molecular flexibility index (Phi) is 8.44. The van der Waals surface area contributed by atoms with E-state index in [4.69, 9.17) is 28.0 Å². The van der Waals surface area contributed by atoms with Gasteiger partial charge in [0.1, 0.15) is 6.10 Å². The van der Waals surface area contributed by atoms with Gasteiger partial charge in [0.05, 0.1) is 12.2 Å². The fraction of sp³-hybridized carbons (Fsp3) is 0.636. The van der Waals surface area contributed by atoms with Crippen molar-refractivity contribution in [2.75, 3.05) is 21.3 Å². The van der Waals surface area contributed by atoms with Gasteiger partial charge in [0.2, 0.25) is 0 Å². The van der Waals surface area contributed by atoms with Crippen LogP contribution in [0.3, 0.4) is 0 Å². The van der Waals surface area contributed by atoms with Crippen molar-refractivity contribution in [2.45, 2.75) is 64.5 Å². The Labute approximate surface area is 180 Å². The lowest BCUT2D eigenvalue weighted by Crippen LogP contribution is -2.30. The first kappa shape index (κ1) is 25.2. The summed E-state index contributed by atoms with van der Waals surface area (Å²) in [5.74, 6) is -0.785. The molecule has 1 aliphatic heterocycles. The summed E-state index contributed by atoms with van der Waals surface area (Å²) in [4.78, 5) is 0. The van der Waals surface area contributed by atoms with Gasteiger partial charge in [-0.3, -0.25) is 13.6 Å². The molecule has 7 nitrogen and oxygen atoms in total. The van der Waals surface area contributed by atoms with Crippen LogP contribution in [0, 0.1) is 5.92 Å². The second-order valence-corrected chi connectivity index (χ2v) is 10.0. The molecule has 1 aliphatic rings. The highest BCUT2D eigenvalue weighted by molar-refractivity contribution is 7.57. The van der Waals surface area contributed by atoms with Crippen molar-refractivity contribution in [2.24, 2.45) is 5.92 Å². The first-order valence-electron chi connectivity index (χ1n) is 10.00. The van der Waals surface area contributed by atoms with Crippen molar-refractivity contribution in [3.63, 3.8) is 0 Å². The predicted molar refractivity (Wildman–Crippen MR) is 115 cm³/mol. The normalized spacial score (nSPS) is 25.9. The molecule has 0 N–H and O–H groups in total.